The number of aliphatic hydroxyl groups is 1. The monoisotopic (exact) mass is 299 g/mol. The minimum atomic E-state index is -0.882. The van der Waals surface area contributed by atoms with Crippen LogP contribution in [-0.2, 0) is 5.60 Å². The number of pyridine rings is 1. The Labute approximate surface area is 133 Å². The van der Waals surface area contributed by atoms with Crippen LogP contribution < -0.4 is 4.74 Å². The minimum absolute atomic E-state index is 0.717. The summed E-state index contributed by atoms with van der Waals surface area (Å²) in [6.07, 6.45) is 2.15. The van der Waals surface area contributed by atoms with E-state index in [4.69, 9.17) is 4.74 Å². The predicted octanol–water partition coefficient (Wildman–Crippen LogP) is 4.46. The summed E-state index contributed by atoms with van der Waals surface area (Å²) in [6, 6.07) is 11.9. The maximum absolute atomic E-state index is 10.2. The normalized spacial score (nSPS) is 11.5. The van der Waals surface area contributed by atoms with E-state index < -0.39 is 5.60 Å². The standard InChI is InChI=1S/C19H25NO2/c1-5-6-13-22-18-10-8-7-9-15(18)17-12-11-16(14(2)20-17)19(3,4)21/h7-12,21H,5-6,13H2,1-4H3. The third-order valence-corrected chi connectivity index (χ3v) is 3.66. The Morgan fingerprint density at radius 3 is 2.50 bits per heavy atom. The lowest BCUT2D eigenvalue weighted by Gasteiger charge is -2.20. The van der Waals surface area contributed by atoms with Crippen molar-refractivity contribution >= 4 is 0 Å². The van der Waals surface area contributed by atoms with E-state index in [0.717, 1.165) is 41.1 Å². The molecule has 0 amide bonds. The van der Waals surface area contributed by atoms with Gasteiger partial charge >= 0.3 is 0 Å². The van der Waals surface area contributed by atoms with Crippen molar-refractivity contribution in [2.75, 3.05) is 6.61 Å². The zero-order chi connectivity index (χ0) is 16.2. The van der Waals surface area contributed by atoms with Crippen molar-refractivity contribution in [2.24, 2.45) is 0 Å². The van der Waals surface area contributed by atoms with Crippen LogP contribution in [0.1, 0.15) is 44.9 Å². The molecule has 0 spiro atoms. The van der Waals surface area contributed by atoms with E-state index in [-0.39, 0.29) is 0 Å². The third-order valence-electron chi connectivity index (χ3n) is 3.66. The lowest BCUT2D eigenvalue weighted by atomic mass is 9.96. The van der Waals surface area contributed by atoms with Gasteiger partial charge in [0.2, 0.25) is 0 Å². The molecule has 0 fully saturated rings. The van der Waals surface area contributed by atoms with Gasteiger partial charge in [-0.25, -0.2) is 0 Å². The summed E-state index contributed by atoms with van der Waals surface area (Å²) in [5.41, 5.74) is 2.67. The Hall–Kier alpha value is -1.87. The molecule has 2 aromatic rings. The molecular weight excluding hydrogens is 274 g/mol. The van der Waals surface area contributed by atoms with Gasteiger partial charge in [0, 0.05) is 16.8 Å². The fourth-order valence-electron chi connectivity index (χ4n) is 2.49. The molecule has 3 heteroatoms. The summed E-state index contributed by atoms with van der Waals surface area (Å²) in [6.45, 7) is 8.35. The smallest absolute Gasteiger partial charge is 0.128 e. The molecule has 1 heterocycles. The number of aromatic nitrogens is 1. The minimum Gasteiger partial charge on any atom is -0.493 e. The molecule has 0 saturated heterocycles. The zero-order valence-corrected chi connectivity index (χ0v) is 13.9. The molecule has 22 heavy (non-hydrogen) atoms. The van der Waals surface area contributed by atoms with Crippen molar-refractivity contribution in [1.29, 1.82) is 0 Å². The molecule has 0 aliphatic carbocycles. The van der Waals surface area contributed by atoms with Crippen LogP contribution in [0, 0.1) is 6.92 Å². The van der Waals surface area contributed by atoms with Crippen molar-refractivity contribution in [2.45, 2.75) is 46.1 Å². The van der Waals surface area contributed by atoms with Crippen LogP contribution in [0.3, 0.4) is 0 Å². The highest BCUT2D eigenvalue weighted by molar-refractivity contribution is 5.67. The molecule has 2 rings (SSSR count). The molecule has 0 aliphatic heterocycles. The molecule has 3 nitrogen and oxygen atoms in total. The van der Waals surface area contributed by atoms with Gasteiger partial charge in [-0.2, -0.15) is 0 Å². The molecule has 1 aromatic heterocycles. The van der Waals surface area contributed by atoms with Gasteiger partial charge in [0.1, 0.15) is 5.75 Å². The predicted molar refractivity (Wildman–Crippen MR) is 90.1 cm³/mol. The summed E-state index contributed by atoms with van der Waals surface area (Å²) in [5, 5.41) is 10.2. The van der Waals surface area contributed by atoms with E-state index in [1.807, 2.05) is 43.3 Å². The van der Waals surface area contributed by atoms with Crippen LogP contribution in [0.5, 0.6) is 5.75 Å². The van der Waals surface area contributed by atoms with Crippen molar-refractivity contribution in [3.63, 3.8) is 0 Å². The first-order valence-electron chi connectivity index (χ1n) is 7.86. The van der Waals surface area contributed by atoms with Gasteiger partial charge in [-0.15, -0.1) is 0 Å². The lowest BCUT2D eigenvalue weighted by Crippen LogP contribution is -2.17. The largest absolute Gasteiger partial charge is 0.493 e. The summed E-state index contributed by atoms with van der Waals surface area (Å²) in [5.74, 6) is 0.860. The first-order chi connectivity index (χ1) is 10.4. The second-order valence-electron chi connectivity index (χ2n) is 6.09. The van der Waals surface area contributed by atoms with Crippen LogP contribution in [0.25, 0.3) is 11.3 Å². The molecule has 0 saturated carbocycles. The first kappa shape index (κ1) is 16.5. The van der Waals surface area contributed by atoms with E-state index in [2.05, 4.69) is 11.9 Å². The van der Waals surface area contributed by atoms with Gasteiger partial charge in [0.15, 0.2) is 0 Å². The number of benzene rings is 1. The van der Waals surface area contributed by atoms with Crippen LogP contribution in [-0.4, -0.2) is 16.7 Å². The van der Waals surface area contributed by atoms with E-state index >= 15 is 0 Å². The fourth-order valence-corrected chi connectivity index (χ4v) is 2.49. The molecule has 118 valence electrons. The van der Waals surface area contributed by atoms with Crippen LogP contribution in [0.2, 0.25) is 0 Å². The second kappa shape index (κ2) is 6.93. The quantitative estimate of drug-likeness (QED) is 0.801. The van der Waals surface area contributed by atoms with Crippen LogP contribution in [0.4, 0.5) is 0 Å². The number of para-hydroxylation sites is 1. The Bertz CT molecular complexity index is 630. The van der Waals surface area contributed by atoms with E-state index in [1.165, 1.54) is 0 Å². The molecular formula is C19H25NO2. The van der Waals surface area contributed by atoms with Crippen molar-refractivity contribution in [3.05, 3.63) is 47.7 Å². The van der Waals surface area contributed by atoms with Crippen molar-refractivity contribution < 1.29 is 9.84 Å². The van der Waals surface area contributed by atoms with Crippen LogP contribution >= 0.6 is 0 Å². The molecule has 0 unspecified atom stereocenters. The number of unbranched alkanes of at least 4 members (excludes halogenated alkanes) is 1. The fraction of sp³-hybridized carbons (Fsp3) is 0.421. The SMILES string of the molecule is CCCCOc1ccccc1-c1ccc(C(C)(C)O)c(C)n1. The molecule has 1 N–H and O–H groups in total. The van der Waals surface area contributed by atoms with Gasteiger partial charge in [-0.3, -0.25) is 4.98 Å². The molecule has 1 aromatic carbocycles. The Morgan fingerprint density at radius 2 is 1.86 bits per heavy atom. The van der Waals surface area contributed by atoms with Crippen molar-refractivity contribution in [1.82, 2.24) is 4.98 Å². The number of hydrogen-bond acceptors (Lipinski definition) is 3. The summed E-state index contributed by atoms with van der Waals surface area (Å²) in [7, 11) is 0. The third kappa shape index (κ3) is 3.86. The number of rotatable bonds is 6. The number of nitrogens with zero attached hydrogens (tertiary/aromatic N) is 1. The topological polar surface area (TPSA) is 42.4 Å². The maximum atomic E-state index is 10.2. The van der Waals surface area contributed by atoms with E-state index in [9.17, 15) is 5.11 Å². The van der Waals surface area contributed by atoms with E-state index in [1.54, 1.807) is 13.8 Å². The van der Waals surface area contributed by atoms with Crippen LogP contribution in [0.15, 0.2) is 36.4 Å². The van der Waals surface area contributed by atoms with Gasteiger partial charge in [-0.1, -0.05) is 31.5 Å². The van der Waals surface area contributed by atoms with Gasteiger partial charge in [-0.05, 0) is 45.4 Å². The number of hydrogen-bond donors (Lipinski definition) is 1. The number of aryl methyl sites for hydroxylation is 1. The van der Waals surface area contributed by atoms with Gasteiger partial charge in [0.05, 0.1) is 17.9 Å². The van der Waals surface area contributed by atoms with E-state index in [0.29, 0.717) is 6.61 Å². The lowest BCUT2D eigenvalue weighted by molar-refractivity contribution is 0.0775. The highest BCUT2D eigenvalue weighted by atomic mass is 16.5. The van der Waals surface area contributed by atoms with Gasteiger partial charge in [0.25, 0.3) is 0 Å². The second-order valence-corrected chi connectivity index (χ2v) is 6.09. The van der Waals surface area contributed by atoms with Crippen molar-refractivity contribution in [3.8, 4) is 17.0 Å². The maximum Gasteiger partial charge on any atom is 0.128 e. The summed E-state index contributed by atoms with van der Waals surface area (Å²) < 4.78 is 5.88. The Kier molecular flexibility index (Phi) is 5.19. The molecule has 0 aliphatic rings. The average molecular weight is 299 g/mol. The van der Waals surface area contributed by atoms with Gasteiger partial charge < -0.3 is 9.84 Å². The molecule has 0 bridgehead atoms. The summed E-state index contributed by atoms with van der Waals surface area (Å²) >= 11 is 0. The number of ether oxygens (including phenoxy) is 1. The highest BCUT2D eigenvalue weighted by Crippen LogP contribution is 2.31. The Morgan fingerprint density at radius 1 is 1.14 bits per heavy atom. The molecule has 0 radical (unpaired) electrons. The highest BCUT2D eigenvalue weighted by Gasteiger charge is 2.20. The first-order valence-corrected chi connectivity index (χ1v) is 7.86. The summed E-state index contributed by atoms with van der Waals surface area (Å²) in [4.78, 5) is 4.66. The zero-order valence-electron chi connectivity index (χ0n) is 13.9. The average Bonchev–Trinajstić information content (AvgIpc) is 2.46. The molecule has 0 atom stereocenters. The Balaban J connectivity index is 2.34.